The molecule has 2 aromatic heterocycles. The minimum absolute atomic E-state index is 0.721. The Morgan fingerprint density at radius 2 is 1.57 bits per heavy atom. The van der Waals surface area contributed by atoms with Crippen LogP contribution in [0.25, 0.3) is 33.8 Å². The average molecular weight is 303 g/mol. The minimum atomic E-state index is 0.721. The van der Waals surface area contributed by atoms with E-state index in [4.69, 9.17) is 5.73 Å². The smallest absolute Gasteiger partial charge is 0.139 e. The van der Waals surface area contributed by atoms with E-state index >= 15 is 0 Å². The predicted molar refractivity (Wildman–Crippen MR) is 93.0 cm³/mol. The molecule has 5 heteroatoms. The highest BCUT2D eigenvalue weighted by molar-refractivity contribution is 5.85. The molecule has 2 heterocycles. The summed E-state index contributed by atoms with van der Waals surface area (Å²) in [6.45, 7) is 4.03. The Hall–Kier alpha value is -3.08. The highest BCUT2D eigenvalue weighted by atomic mass is 14.9. The van der Waals surface area contributed by atoms with E-state index in [1.165, 1.54) is 0 Å². The molecule has 0 radical (unpaired) electrons. The number of nitrogen functional groups attached to an aromatic ring is 1. The molecule has 0 aliphatic carbocycles. The van der Waals surface area contributed by atoms with Gasteiger partial charge in [-0.1, -0.05) is 24.3 Å². The lowest BCUT2D eigenvalue weighted by Crippen LogP contribution is -1.88. The standard InChI is InChI=1S/C18H17N5/c1-10-11(2)21-17(20-10)13-5-3-4-6-14(13)18-22-15-8-7-12(19)9-16(15)23-18/h3-9H,19H2,1-2H3,(H,20,21)(H,22,23). The summed E-state index contributed by atoms with van der Waals surface area (Å²) in [5.41, 5.74) is 12.5. The van der Waals surface area contributed by atoms with E-state index in [2.05, 4.69) is 26.0 Å². The summed E-state index contributed by atoms with van der Waals surface area (Å²) < 4.78 is 0. The summed E-state index contributed by atoms with van der Waals surface area (Å²) in [5, 5.41) is 0. The molecule has 0 bridgehead atoms. The van der Waals surface area contributed by atoms with Crippen molar-refractivity contribution in [3.63, 3.8) is 0 Å². The fourth-order valence-electron chi connectivity index (χ4n) is 2.73. The Balaban J connectivity index is 1.91. The van der Waals surface area contributed by atoms with Gasteiger partial charge in [-0.2, -0.15) is 0 Å². The number of H-pyrrole nitrogens is 2. The van der Waals surface area contributed by atoms with E-state index in [0.717, 1.165) is 50.9 Å². The molecule has 4 aromatic rings. The summed E-state index contributed by atoms with van der Waals surface area (Å²) in [7, 11) is 0. The van der Waals surface area contributed by atoms with Crippen LogP contribution in [0.2, 0.25) is 0 Å². The van der Waals surface area contributed by atoms with Crippen molar-refractivity contribution in [1.29, 1.82) is 0 Å². The first-order valence-corrected chi connectivity index (χ1v) is 7.50. The first-order valence-electron chi connectivity index (χ1n) is 7.50. The van der Waals surface area contributed by atoms with Crippen molar-refractivity contribution in [2.45, 2.75) is 13.8 Å². The summed E-state index contributed by atoms with van der Waals surface area (Å²) in [6.07, 6.45) is 0. The predicted octanol–water partition coefficient (Wildman–Crippen LogP) is 3.82. The number of fused-ring (bicyclic) bond motifs is 1. The molecule has 0 aliphatic rings. The van der Waals surface area contributed by atoms with Gasteiger partial charge in [-0.3, -0.25) is 0 Å². The fourth-order valence-corrected chi connectivity index (χ4v) is 2.73. The van der Waals surface area contributed by atoms with Crippen LogP contribution in [0.15, 0.2) is 42.5 Å². The Morgan fingerprint density at radius 3 is 2.22 bits per heavy atom. The molecule has 0 atom stereocenters. The Bertz CT molecular complexity index is 990. The quantitative estimate of drug-likeness (QED) is 0.492. The second-order valence-corrected chi connectivity index (χ2v) is 5.70. The summed E-state index contributed by atoms with van der Waals surface area (Å²) in [4.78, 5) is 16.0. The molecular formula is C18H17N5. The second-order valence-electron chi connectivity index (χ2n) is 5.70. The van der Waals surface area contributed by atoms with Crippen LogP contribution < -0.4 is 5.73 Å². The maximum absolute atomic E-state index is 5.85. The number of benzene rings is 2. The number of nitrogens with one attached hydrogen (secondary N) is 2. The van der Waals surface area contributed by atoms with Gasteiger partial charge in [-0.15, -0.1) is 0 Å². The molecule has 4 N–H and O–H groups in total. The van der Waals surface area contributed by atoms with Gasteiger partial charge in [-0.25, -0.2) is 9.97 Å². The van der Waals surface area contributed by atoms with E-state index in [9.17, 15) is 0 Å². The molecule has 4 rings (SSSR count). The maximum atomic E-state index is 5.85. The van der Waals surface area contributed by atoms with Gasteiger partial charge in [0.1, 0.15) is 11.6 Å². The van der Waals surface area contributed by atoms with E-state index in [-0.39, 0.29) is 0 Å². The number of hydrogen-bond donors (Lipinski definition) is 3. The molecule has 0 fully saturated rings. The van der Waals surface area contributed by atoms with Gasteiger partial charge in [-0.05, 0) is 32.0 Å². The van der Waals surface area contributed by atoms with Crippen LogP contribution in [0.1, 0.15) is 11.4 Å². The SMILES string of the molecule is Cc1nc(-c2ccccc2-c2nc3ccc(N)cc3[nH]2)[nH]c1C. The van der Waals surface area contributed by atoms with Crippen molar-refractivity contribution in [2.24, 2.45) is 0 Å². The monoisotopic (exact) mass is 303 g/mol. The Labute approximate surface area is 133 Å². The summed E-state index contributed by atoms with van der Waals surface area (Å²) >= 11 is 0. The highest BCUT2D eigenvalue weighted by Gasteiger charge is 2.14. The number of nitrogens with two attached hydrogens (primary N) is 1. The molecule has 23 heavy (non-hydrogen) atoms. The fraction of sp³-hybridized carbons (Fsp3) is 0.111. The van der Waals surface area contributed by atoms with Crippen LogP contribution >= 0.6 is 0 Å². The van der Waals surface area contributed by atoms with Gasteiger partial charge >= 0.3 is 0 Å². The van der Waals surface area contributed by atoms with Gasteiger partial charge in [0.05, 0.1) is 16.7 Å². The van der Waals surface area contributed by atoms with E-state index < -0.39 is 0 Å². The first-order chi connectivity index (χ1) is 11.1. The number of rotatable bonds is 2. The zero-order chi connectivity index (χ0) is 16.0. The molecule has 0 amide bonds. The number of hydrogen-bond acceptors (Lipinski definition) is 3. The third kappa shape index (κ3) is 2.26. The number of aromatic amines is 2. The molecule has 5 nitrogen and oxygen atoms in total. The van der Waals surface area contributed by atoms with E-state index in [0.29, 0.717) is 0 Å². The van der Waals surface area contributed by atoms with Crippen LogP contribution in [0, 0.1) is 13.8 Å². The highest BCUT2D eigenvalue weighted by Crippen LogP contribution is 2.30. The third-order valence-corrected chi connectivity index (χ3v) is 4.07. The summed E-state index contributed by atoms with van der Waals surface area (Å²) in [5.74, 6) is 1.67. The molecule has 0 saturated heterocycles. The van der Waals surface area contributed by atoms with Crippen molar-refractivity contribution in [3.8, 4) is 22.8 Å². The zero-order valence-corrected chi connectivity index (χ0v) is 13.0. The lowest BCUT2D eigenvalue weighted by atomic mass is 10.1. The maximum Gasteiger partial charge on any atom is 0.139 e. The third-order valence-electron chi connectivity index (χ3n) is 4.07. The lowest BCUT2D eigenvalue weighted by molar-refractivity contribution is 1.22. The van der Waals surface area contributed by atoms with Gasteiger partial charge in [0.25, 0.3) is 0 Å². The number of anilines is 1. The van der Waals surface area contributed by atoms with Gasteiger partial charge in [0.2, 0.25) is 0 Å². The van der Waals surface area contributed by atoms with Crippen LogP contribution in [0.5, 0.6) is 0 Å². The molecule has 0 saturated carbocycles. The Morgan fingerprint density at radius 1 is 0.870 bits per heavy atom. The summed E-state index contributed by atoms with van der Waals surface area (Å²) in [6, 6.07) is 13.8. The minimum Gasteiger partial charge on any atom is -0.399 e. The van der Waals surface area contributed by atoms with Crippen LogP contribution in [-0.4, -0.2) is 19.9 Å². The van der Waals surface area contributed by atoms with Gasteiger partial charge in [0, 0.05) is 22.5 Å². The van der Waals surface area contributed by atoms with Crippen LogP contribution in [0.3, 0.4) is 0 Å². The van der Waals surface area contributed by atoms with Crippen LogP contribution in [0.4, 0.5) is 5.69 Å². The first kappa shape index (κ1) is 13.6. The Kier molecular flexibility index (Phi) is 2.94. The van der Waals surface area contributed by atoms with Crippen molar-refractivity contribution in [2.75, 3.05) is 5.73 Å². The normalized spacial score (nSPS) is 11.2. The van der Waals surface area contributed by atoms with E-state index in [1.807, 2.05) is 50.2 Å². The second kappa shape index (κ2) is 4.98. The number of aryl methyl sites for hydroxylation is 2. The number of imidazole rings is 2. The number of aromatic nitrogens is 4. The zero-order valence-electron chi connectivity index (χ0n) is 13.0. The van der Waals surface area contributed by atoms with Crippen LogP contribution in [-0.2, 0) is 0 Å². The molecule has 0 spiro atoms. The molecular weight excluding hydrogens is 286 g/mol. The van der Waals surface area contributed by atoms with E-state index in [1.54, 1.807) is 0 Å². The lowest BCUT2D eigenvalue weighted by Gasteiger charge is -2.04. The van der Waals surface area contributed by atoms with Crippen molar-refractivity contribution >= 4 is 16.7 Å². The molecule has 0 aliphatic heterocycles. The van der Waals surface area contributed by atoms with Gasteiger partial charge in [0.15, 0.2) is 0 Å². The van der Waals surface area contributed by atoms with Crippen molar-refractivity contribution in [1.82, 2.24) is 19.9 Å². The largest absolute Gasteiger partial charge is 0.399 e. The van der Waals surface area contributed by atoms with Gasteiger partial charge < -0.3 is 15.7 Å². The molecule has 0 unspecified atom stereocenters. The number of nitrogens with zero attached hydrogens (tertiary/aromatic N) is 2. The average Bonchev–Trinajstić information content (AvgIpc) is 3.10. The topological polar surface area (TPSA) is 83.4 Å². The molecule has 2 aromatic carbocycles. The molecule has 114 valence electrons. The van der Waals surface area contributed by atoms with Crippen molar-refractivity contribution < 1.29 is 0 Å². The van der Waals surface area contributed by atoms with Crippen molar-refractivity contribution in [3.05, 3.63) is 53.9 Å².